The number of pyridine rings is 1. The first-order valence-corrected chi connectivity index (χ1v) is 9.55. The molecule has 0 fully saturated rings. The van der Waals surface area contributed by atoms with E-state index in [1.54, 1.807) is 18.6 Å². The predicted molar refractivity (Wildman–Crippen MR) is 101 cm³/mol. The molecule has 3 aromatic heterocycles. The molecule has 0 bridgehead atoms. The molecule has 2 unspecified atom stereocenters. The molecule has 8 heteroatoms. The van der Waals surface area contributed by atoms with E-state index in [9.17, 15) is 0 Å². The molecule has 4 rings (SSSR count). The van der Waals surface area contributed by atoms with E-state index in [2.05, 4.69) is 26.0 Å². The van der Waals surface area contributed by atoms with Crippen molar-refractivity contribution >= 4 is 52.1 Å². The third kappa shape index (κ3) is 3.02. The van der Waals surface area contributed by atoms with Gasteiger partial charge in [-0.2, -0.15) is 0 Å². The van der Waals surface area contributed by atoms with Gasteiger partial charge >= 0.3 is 0 Å². The Bertz CT molecular complexity index is 917. The van der Waals surface area contributed by atoms with Crippen LogP contribution in [0.1, 0.15) is 21.8 Å². The highest BCUT2D eigenvalue weighted by molar-refractivity contribution is 7.15. The maximum Gasteiger partial charge on any atom is 0.146 e. The Balaban J connectivity index is 1.73. The lowest BCUT2D eigenvalue weighted by Gasteiger charge is -2.20. The minimum atomic E-state index is -0.146. The van der Waals surface area contributed by atoms with Gasteiger partial charge in [0.15, 0.2) is 0 Å². The summed E-state index contributed by atoms with van der Waals surface area (Å²) in [6.45, 7) is 0. The molecule has 0 spiro atoms. The highest BCUT2D eigenvalue weighted by atomic mass is 35.5. The summed E-state index contributed by atoms with van der Waals surface area (Å²) in [6, 6.07) is 3.70. The number of aliphatic imine (C=N–C) groups is 1. The minimum Gasteiger partial charge on any atom is -0.283 e. The maximum absolute atomic E-state index is 6.42. The summed E-state index contributed by atoms with van der Waals surface area (Å²) in [7, 11) is 0. The molecule has 0 aliphatic carbocycles. The van der Waals surface area contributed by atoms with Crippen molar-refractivity contribution in [1.29, 1.82) is 0 Å². The molecule has 1 aliphatic heterocycles. The Morgan fingerprint density at radius 2 is 2.08 bits per heavy atom. The van der Waals surface area contributed by atoms with Crippen molar-refractivity contribution in [2.75, 3.05) is 0 Å². The quantitative estimate of drug-likeness (QED) is 0.596. The summed E-state index contributed by atoms with van der Waals surface area (Å²) in [5, 5.41) is 4.57. The van der Waals surface area contributed by atoms with E-state index < -0.39 is 0 Å². The van der Waals surface area contributed by atoms with E-state index in [1.807, 2.05) is 23.6 Å². The van der Waals surface area contributed by atoms with Crippen LogP contribution in [-0.4, -0.2) is 21.2 Å². The molecular formula is C16H10Cl2N4S2. The van der Waals surface area contributed by atoms with Crippen LogP contribution in [-0.2, 0) is 0 Å². The molecule has 1 aliphatic rings. The highest BCUT2D eigenvalue weighted by Gasteiger charge is 2.30. The van der Waals surface area contributed by atoms with Gasteiger partial charge in [0.05, 0.1) is 16.8 Å². The minimum absolute atomic E-state index is 0.00667. The number of halogens is 2. The van der Waals surface area contributed by atoms with Gasteiger partial charge in [-0.25, -0.2) is 9.97 Å². The molecule has 0 N–H and O–H groups in total. The SMILES string of the molecule is Clc1csc(C2C=CC=NC2c2sc(-c3cccnc3)nc2Cl)n1. The lowest BCUT2D eigenvalue weighted by molar-refractivity contribution is 0.652. The highest BCUT2D eigenvalue weighted by Crippen LogP contribution is 2.45. The molecular weight excluding hydrogens is 383 g/mol. The van der Waals surface area contributed by atoms with Crippen molar-refractivity contribution < 1.29 is 0 Å². The van der Waals surface area contributed by atoms with Crippen molar-refractivity contribution in [2.24, 2.45) is 4.99 Å². The summed E-state index contributed by atoms with van der Waals surface area (Å²) in [5.41, 5.74) is 0.944. The van der Waals surface area contributed by atoms with Gasteiger partial charge in [-0.15, -0.1) is 22.7 Å². The number of rotatable bonds is 3. The Hall–Kier alpha value is -1.60. The van der Waals surface area contributed by atoms with Gasteiger partial charge in [0, 0.05) is 29.6 Å². The van der Waals surface area contributed by atoms with Crippen LogP contribution in [0.25, 0.3) is 10.6 Å². The van der Waals surface area contributed by atoms with E-state index in [1.165, 1.54) is 22.7 Å². The van der Waals surface area contributed by atoms with Crippen LogP contribution in [0.2, 0.25) is 10.3 Å². The van der Waals surface area contributed by atoms with Crippen molar-refractivity contribution in [2.45, 2.75) is 12.0 Å². The first-order chi connectivity index (χ1) is 11.7. The standard InChI is InChI=1S/C16H10Cl2N4S2/c17-11-8-23-16(21-11)10-4-2-6-20-12(10)13-14(18)22-15(24-13)9-3-1-5-19-7-9/h1-8,10,12H. The van der Waals surface area contributed by atoms with Gasteiger partial charge in [-0.1, -0.05) is 29.3 Å². The Morgan fingerprint density at radius 3 is 2.83 bits per heavy atom. The molecule has 2 atom stereocenters. The molecule has 0 saturated heterocycles. The van der Waals surface area contributed by atoms with Crippen LogP contribution in [0.15, 0.2) is 47.1 Å². The summed E-state index contributed by atoms with van der Waals surface area (Å²) >= 11 is 15.5. The normalized spacial score (nSPS) is 19.8. The number of aromatic nitrogens is 3. The fourth-order valence-corrected chi connectivity index (χ4v) is 4.95. The largest absolute Gasteiger partial charge is 0.283 e. The average molecular weight is 393 g/mol. The van der Waals surface area contributed by atoms with Crippen molar-refractivity contribution in [1.82, 2.24) is 15.0 Å². The van der Waals surface area contributed by atoms with Crippen molar-refractivity contribution in [3.05, 3.63) is 62.2 Å². The number of hydrogen-bond donors (Lipinski definition) is 0. The first kappa shape index (κ1) is 15.9. The van der Waals surface area contributed by atoms with Gasteiger partial charge in [-0.3, -0.25) is 9.98 Å². The van der Waals surface area contributed by atoms with Crippen molar-refractivity contribution in [3.8, 4) is 10.6 Å². The zero-order valence-electron chi connectivity index (χ0n) is 12.1. The van der Waals surface area contributed by atoms with Gasteiger partial charge in [0.1, 0.15) is 20.3 Å². The monoisotopic (exact) mass is 392 g/mol. The van der Waals surface area contributed by atoms with Crippen LogP contribution in [0.3, 0.4) is 0 Å². The number of nitrogens with zero attached hydrogens (tertiary/aromatic N) is 4. The molecule has 0 amide bonds. The van der Waals surface area contributed by atoms with Gasteiger partial charge < -0.3 is 0 Å². The number of dihydropyridines is 1. The van der Waals surface area contributed by atoms with E-state index in [0.29, 0.717) is 10.3 Å². The van der Waals surface area contributed by atoms with E-state index >= 15 is 0 Å². The zero-order chi connectivity index (χ0) is 16.5. The molecule has 0 aromatic carbocycles. The molecule has 4 heterocycles. The molecule has 3 aromatic rings. The number of hydrogen-bond acceptors (Lipinski definition) is 6. The Morgan fingerprint density at radius 1 is 1.17 bits per heavy atom. The number of thiazole rings is 2. The lowest BCUT2D eigenvalue weighted by Crippen LogP contribution is -2.09. The van der Waals surface area contributed by atoms with Crippen LogP contribution >= 0.6 is 45.9 Å². The second-order valence-electron chi connectivity index (χ2n) is 5.08. The topological polar surface area (TPSA) is 51.0 Å². The molecule has 0 radical (unpaired) electrons. The van der Waals surface area contributed by atoms with E-state index in [4.69, 9.17) is 23.2 Å². The number of allylic oxidation sites excluding steroid dienone is 1. The van der Waals surface area contributed by atoms with E-state index in [0.717, 1.165) is 20.5 Å². The van der Waals surface area contributed by atoms with Gasteiger partial charge in [0.25, 0.3) is 0 Å². The van der Waals surface area contributed by atoms with Gasteiger partial charge in [-0.05, 0) is 18.2 Å². The lowest BCUT2D eigenvalue weighted by atomic mass is 9.97. The molecule has 4 nitrogen and oxygen atoms in total. The summed E-state index contributed by atoms with van der Waals surface area (Å²) in [4.78, 5) is 18.6. The van der Waals surface area contributed by atoms with Crippen LogP contribution in [0, 0.1) is 0 Å². The third-order valence-electron chi connectivity index (χ3n) is 3.56. The Kier molecular flexibility index (Phi) is 4.45. The fraction of sp³-hybridized carbons (Fsp3) is 0.125. The smallest absolute Gasteiger partial charge is 0.146 e. The third-order valence-corrected chi connectivity index (χ3v) is 6.40. The zero-order valence-corrected chi connectivity index (χ0v) is 15.3. The van der Waals surface area contributed by atoms with Crippen LogP contribution < -0.4 is 0 Å². The fourth-order valence-electron chi connectivity index (χ4n) is 2.49. The Labute approximate surface area is 156 Å². The average Bonchev–Trinajstić information content (AvgIpc) is 3.22. The van der Waals surface area contributed by atoms with Crippen LogP contribution in [0.4, 0.5) is 0 Å². The predicted octanol–water partition coefficient (Wildman–Crippen LogP) is 5.43. The summed E-state index contributed by atoms with van der Waals surface area (Å²) < 4.78 is 0. The van der Waals surface area contributed by atoms with Crippen molar-refractivity contribution in [3.63, 3.8) is 0 Å². The van der Waals surface area contributed by atoms with E-state index in [-0.39, 0.29) is 12.0 Å². The second-order valence-corrected chi connectivity index (χ2v) is 7.74. The maximum atomic E-state index is 6.42. The van der Waals surface area contributed by atoms with Crippen LogP contribution in [0.5, 0.6) is 0 Å². The summed E-state index contributed by atoms with van der Waals surface area (Å²) in [5.74, 6) is 0.00667. The molecule has 24 heavy (non-hydrogen) atoms. The van der Waals surface area contributed by atoms with Gasteiger partial charge in [0.2, 0.25) is 0 Å². The summed E-state index contributed by atoms with van der Waals surface area (Å²) in [6.07, 6.45) is 9.30. The molecule has 0 saturated carbocycles. The first-order valence-electron chi connectivity index (χ1n) is 7.10. The second kappa shape index (κ2) is 6.72. The molecule has 120 valence electrons.